The van der Waals surface area contributed by atoms with Gasteiger partial charge in [0.1, 0.15) is 11.5 Å². The maximum Gasteiger partial charge on any atom is 0.226 e. The number of hydrogen-bond donors (Lipinski definition) is 3. The molecule has 0 aromatic carbocycles. The van der Waals surface area contributed by atoms with Gasteiger partial charge in [-0.1, -0.05) is 0 Å². The van der Waals surface area contributed by atoms with Crippen molar-refractivity contribution in [1.82, 2.24) is 20.3 Å². The second-order valence-electron chi connectivity index (χ2n) is 4.27. The van der Waals surface area contributed by atoms with Crippen molar-refractivity contribution < 1.29 is 0 Å². The molecule has 98 valence electrons. The summed E-state index contributed by atoms with van der Waals surface area (Å²) in [6.45, 7) is 2.07. The molecule has 0 unspecified atom stereocenters. The number of piperidine rings is 1. The first-order chi connectivity index (χ1) is 8.33. The molecule has 1 aliphatic rings. The Hall–Kier alpha value is -1.04. The van der Waals surface area contributed by atoms with E-state index in [1.54, 1.807) is 0 Å². The highest BCUT2D eigenvalue weighted by Crippen LogP contribution is 2.22. The standard InChI is InChI=1S/C11H14ClN5.ClH/c12-11-16-9-8(3-5-14-9)10(17-11)15-7-2-1-4-13-6-7;/h3,5,7,13H,1-2,4,6H2,(H2,14,15,16,17);1H/t7-;/m1./s1. The van der Waals surface area contributed by atoms with E-state index in [4.69, 9.17) is 11.6 Å². The number of fused-ring (bicyclic) bond motifs is 1. The van der Waals surface area contributed by atoms with E-state index >= 15 is 0 Å². The average Bonchev–Trinajstić information content (AvgIpc) is 2.78. The molecule has 0 amide bonds. The molecule has 3 heterocycles. The van der Waals surface area contributed by atoms with Crippen molar-refractivity contribution in [2.75, 3.05) is 18.4 Å². The van der Waals surface area contributed by atoms with Gasteiger partial charge in [-0.15, -0.1) is 12.4 Å². The molecular formula is C11H15Cl2N5. The van der Waals surface area contributed by atoms with Crippen LogP contribution >= 0.6 is 24.0 Å². The van der Waals surface area contributed by atoms with Crippen LogP contribution in [-0.2, 0) is 0 Å². The summed E-state index contributed by atoms with van der Waals surface area (Å²) < 4.78 is 0. The molecule has 0 radical (unpaired) electrons. The number of H-pyrrole nitrogens is 1. The number of anilines is 1. The summed E-state index contributed by atoms with van der Waals surface area (Å²) in [7, 11) is 0. The monoisotopic (exact) mass is 287 g/mol. The number of nitrogens with zero attached hydrogens (tertiary/aromatic N) is 2. The Morgan fingerprint density at radius 1 is 1.39 bits per heavy atom. The van der Waals surface area contributed by atoms with Gasteiger partial charge in [-0.3, -0.25) is 0 Å². The molecule has 7 heteroatoms. The highest BCUT2D eigenvalue weighted by Gasteiger charge is 2.15. The Morgan fingerprint density at radius 2 is 2.28 bits per heavy atom. The van der Waals surface area contributed by atoms with Crippen molar-refractivity contribution in [2.45, 2.75) is 18.9 Å². The molecule has 2 aromatic rings. The molecule has 1 fully saturated rings. The molecule has 0 saturated carbocycles. The number of aromatic nitrogens is 3. The van der Waals surface area contributed by atoms with Crippen LogP contribution in [0.1, 0.15) is 12.8 Å². The zero-order valence-electron chi connectivity index (χ0n) is 9.74. The Morgan fingerprint density at radius 3 is 3.06 bits per heavy atom. The molecule has 3 rings (SSSR count). The fourth-order valence-electron chi connectivity index (χ4n) is 2.19. The molecular weight excluding hydrogens is 273 g/mol. The van der Waals surface area contributed by atoms with Gasteiger partial charge in [0, 0.05) is 18.8 Å². The lowest BCUT2D eigenvalue weighted by Gasteiger charge is -2.24. The van der Waals surface area contributed by atoms with E-state index in [1.807, 2.05) is 12.3 Å². The average molecular weight is 288 g/mol. The van der Waals surface area contributed by atoms with E-state index in [1.165, 1.54) is 6.42 Å². The Balaban J connectivity index is 0.00000120. The van der Waals surface area contributed by atoms with Crippen LogP contribution in [0, 0.1) is 0 Å². The van der Waals surface area contributed by atoms with E-state index in [0.717, 1.165) is 36.4 Å². The first-order valence-electron chi connectivity index (χ1n) is 5.81. The van der Waals surface area contributed by atoms with Crippen molar-refractivity contribution >= 4 is 40.9 Å². The van der Waals surface area contributed by atoms with E-state index in [-0.39, 0.29) is 17.7 Å². The van der Waals surface area contributed by atoms with E-state index in [0.29, 0.717) is 6.04 Å². The molecule has 18 heavy (non-hydrogen) atoms. The van der Waals surface area contributed by atoms with Gasteiger partial charge < -0.3 is 15.6 Å². The van der Waals surface area contributed by atoms with Gasteiger partial charge in [0.05, 0.1) is 5.39 Å². The largest absolute Gasteiger partial charge is 0.365 e. The first kappa shape index (κ1) is 13.4. The van der Waals surface area contributed by atoms with Crippen LogP contribution in [-0.4, -0.2) is 34.1 Å². The summed E-state index contributed by atoms with van der Waals surface area (Å²) >= 11 is 5.90. The van der Waals surface area contributed by atoms with E-state index < -0.39 is 0 Å². The molecule has 0 aliphatic carbocycles. The number of halogens is 2. The van der Waals surface area contributed by atoms with Gasteiger partial charge in [-0.25, -0.2) is 4.98 Å². The minimum absolute atomic E-state index is 0. The maximum atomic E-state index is 5.90. The van der Waals surface area contributed by atoms with Crippen LogP contribution in [0.3, 0.4) is 0 Å². The lowest BCUT2D eigenvalue weighted by molar-refractivity contribution is 0.479. The Labute approximate surface area is 116 Å². The second kappa shape index (κ2) is 5.73. The van der Waals surface area contributed by atoms with Crippen molar-refractivity contribution in [3.63, 3.8) is 0 Å². The molecule has 1 aliphatic heterocycles. The van der Waals surface area contributed by atoms with Crippen molar-refractivity contribution in [3.8, 4) is 0 Å². The number of nitrogens with one attached hydrogen (secondary N) is 3. The highest BCUT2D eigenvalue weighted by molar-refractivity contribution is 6.28. The van der Waals surface area contributed by atoms with Crippen molar-refractivity contribution in [2.24, 2.45) is 0 Å². The van der Waals surface area contributed by atoms with Gasteiger partial charge in [0.2, 0.25) is 5.28 Å². The normalized spacial score (nSPS) is 19.5. The zero-order valence-corrected chi connectivity index (χ0v) is 11.3. The number of aromatic amines is 1. The second-order valence-corrected chi connectivity index (χ2v) is 4.61. The van der Waals surface area contributed by atoms with Gasteiger partial charge in [0.15, 0.2) is 0 Å². The van der Waals surface area contributed by atoms with Crippen LogP contribution < -0.4 is 10.6 Å². The molecule has 2 aromatic heterocycles. The molecule has 1 atom stereocenters. The minimum atomic E-state index is 0. The van der Waals surface area contributed by atoms with Crippen LogP contribution in [0.5, 0.6) is 0 Å². The number of hydrogen-bond acceptors (Lipinski definition) is 4. The predicted octanol–water partition coefficient (Wildman–Crippen LogP) is 2.20. The highest BCUT2D eigenvalue weighted by atomic mass is 35.5. The topological polar surface area (TPSA) is 65.6 Å². The smallest absolute Gasteiger partial charge is 0.226 e. The lowest BCUT2D eigenvalue weighted by atomic mass is 10.1. The lowest BCUT2D eigenvalue weighted by Crippen LogP contribution is -2.38. The summed E-state index contributed by atoms with van der Waals surface area (Å²) in [6.07, 6.45) is 4.19. The summed E-state index contributed by atoms with van der Waals surface area (Å²) in [5.74, 6) is 0.815. The predicted molar refractivity (Wildman–Crippen MR) is 75.7 cm³/mol. The quantitative estimate of drug-likeness (QED) is 0.741. The van der Waals surface area contributed by atoms with Gasteiger partial charge in [0.25, 0.3) is 0 Å². The van der Waals surface area contributed by atoms with Crippen molar-refractivity contribution in [3.05, 3.63) is 17.5 Å². The Kier molecular flexibility index (Phi) is 4.27. The van der Waals surface area contributed by atoms with E-state index in [2.05, 4.69) is 25.6 Å². The van der Waals surface area contributed by atoms with Crippen molar-refractivity contribution in [1.29, 1.82) is 0 Å². The minimum Gasteiger partial charge on any atom is -0.365 e. The first-order valence-corrected chi connectivity index (χ1v) is 6.18. The molecule has 0 bridgehead atoms. The van der Waals surface area contributed by atoms with Gasteiger partial charge in [-0.05, 0) is 37.1 Å². The zero-order chi connectivity index (χ0) is 11.7. The third kappa shape index (κ3) is 2.68. The molecule has 3 N–H and O–H groups in total. The summed E-state index contributed by atoms with van der Waals surface area (Å²) in [4.78, 5) is 11.4. The van der Waals surface area contributed by atoms with Crippen LogP contribution in [0.4, 0.5) is 5.82 Å². The van der Waals surface area contributed by atoms with Crippen LogP contribution in [0.25, 0.3) is 11.0 Å². The fraction of sp³-hybridized carbons (Fsp3) is 0.455. The maximum absolute atomic E-state index is 5.90. The molecule has 5 nitrogen and oxygen atoms in total. The summed E-state index contributed by atoms with van der Waals surface area (Å²) in [5, 5.41) is 8.05. The van der Waals surface area contributed by atoms with Crippen LogP contribution in [0.15, 0.2) is 12.3 Å². The fourth-order valence-corrected chi connectivity index (χ4v) is 2.36. The molecule has 1 saturated heterocycles. The Bertz CT molecular complexity index is 521. The summed E-state index contributed by atoms with van der Waals surface area (Å²) in [5.41, 5.74) is 0.774. The SMILES string of the molecule is Cl.Clc1nc(N[C@@H]2CCCNC2)c2cc[nH]c2n1. The van der Waals surface area contributed by atoms with Gasteiger partial charge >= 0.3 is 0 Å². The molecule has 0 spiro atoms. The van der Waals surface area contributed by atoms with Crippen LogP contribution in [0.2, 0.25) is 5.28 Å². The third-order valence-electron chi connectivity index (χ3n) is 3.03. The van der Waals surface area contributed by atoms with E-state index in [9.17, 15) is 0 Å². The van der Waals surface area contributed by atoms with Gasteiger partial charge in [-0.2, -0.15) is 4.98 Å². The number of rotatable bonds is 2. The summed E-state index contributed by atoms with van der Waals surface area (Å²) in [6, 6.07) is 2.37. The third-order valence-corrected chi connectivity index (χ3v) is 3.20.